The molecule has 1 aromatic carbocycles. The van der Waals surface area contributed by atoms with Crippen LogP contribution < -0.4 is 16.8 Å². The number of hydrogen-bond acceptors (Lipinski definition) is 3. The molecule has 0 saturated carbocycles. The van der Waals surface area contributed by atoms with Crippen LogP contribution in [0.15, 0.2) is 24.3 Å². The van der Waals surface area contributed by atoms with Gasteiger partial charge in [-0.2, -0.15) is 0 Å². The first-order valence-electron chi connectivity index (χ1n) is 5.86. The number of benzene rings is 1. The van der Waals surface area contributed by atoms with Crippen LogP contribution in [0.2, 0.25) is 0 Å². The second-order valence-electron chi connectivity index (χ2n) is 4.67. The van der Waals surface area contributed by atoms with Crippen LogP contribution in [0.25, 0.3) is 0 Å². The van der Waals surface area contributed by atoms with Gasteiger partial charge in [0, 0.05) is 11.3 Å². The summed E-state index contributed by atoms with van der Waals surface area (Å²) in [5, 5.41) is 2.70. The Hall–Kier alpha value is -1.59. The summed E-state index contributed by atoms with van der Waals surface area (Å²) in [5.74, 6) is -0.358. The number of nitrogens with one attached hydrogen (secondary N) is 1. The Morgan fingerprint density at radius 2 is 1.74 bits per heavy atom. The molecule has 0 aliphatic rings. The van der Waals surface area contributed by atoms with Crippen LogP contribution in [0.1, 0.15) is 30.6 Å². The van der Waals surface area contributed by atoms with Gasteiger partial charge in [-0.15, -0.1) is 12.4 Å². The van der Waals surface area contributed by atoms with Crippen molar-refractivity contribution in [1.82, 2.24) is 0 Å². The predicted molar refractivity (Wildman–Crippen MR) is 78.3 cm³/mol. The minimum atomic E-state index is -0.527. The van der Waals surface area contributed by atoms with Crippen LogP contribution in [0.5, 0.6) is 0 Å². The quantitative estimate of drug-likeness (QED) is 0.765. The molecule has 0 radical (unpaired) electrons. The van der Waals surface area contributed by atoms with Gasteiger partial charge < -0.3 is 16.8 Å². The van der Waals surface area contributed by atoms with Crippen molar-refractivity contribution in [1.29, 1.82) is 0 Å². The summed E-state index contributed by atoms with van der Waals surface area (Å²) in [6, 6.07) is 5.85. The molecule has 106 valence electrons. The van der Waals surface area contributed by atoms with Crippen LogP contribution in [-0.2, 0) is 4.79 Å². The summed E-state index contributed by atoms with van der Waals surface area (Å²) < 4.78 is 0. The molecule has 0 aromatic heterocycles. The number of rotatable bonds is 5. The van der Waals surface area contributed by atoms with Crippen LogP contribution >= 0.6 is 12.4 Å². The number of amides is 2. The van der Waals surface area contributed by atoms with Crippen LogP contribution in [0.4, 0.5) is 5.69 Å². The lowest BCUT2D eigenvalue weighted by molar-refractivity contribution is -0.117. The van der Waals surface area contributed by atoms with Gasteiger partial charge in [0.05, 0.1) is 6.04 Å². The third kappa shape index (κ3) is 5.72. The molecule has 0 unspecified atom stereocenters. The molecule has 5 nitrogen and oxygen atoms in total. The molecule has 6 heteroatoms. The third-order valence-electron chi connectivity index (χ3n) is 2.50. The molecule has 0 spiro atoms. The zero-order chi connectivity index (χ0) is 13.7. The molecular formula is C13H20ClN3O2. The zero-order valence-electron chi connectivity index (χ0n) is 11.1. The lowest BCUT2D eigenvalue weighted by atomic mass is 10.0. The van der Waals surface area contributed by atoms with E-state index in [9.17, 15) is 9.59 Å². The average molecular weight is 286 g/mol. The van der Waals surface area contributed by atoms with Gasteiger partial charge in [-0.25, -0.2) is 0 Å². The third-order valence-corrected chi connectivity index (χ3v) is 2.50. The topological polar surface area (TPSA) is 98.2 Å². The van der Waals surface area contributed by atoms with Gasteiger partial charge in [0.1, 0.15) is 0 Å². The first-order chi connectivity index (χ1) is 8.40. The Labute approximate surface area is 119 Å². The first kappa shape index (κ1) is 17.4. The number of halogens is 1. The molecule has 0 saturated heterocycles. The normalized spacial score (nSPS) is 11.6. The van der Waals surface area contributed by atoms with Crippen LogP contribution in [0, 0.1) is 5.92 Å². The van der Waals surface area contributed by atoms with E-state index < -0.39 is 11.9 Å². The van der Waals surface area contributed by atoms with Gasteiger partial charge in [0.2, 0.25) is 11.8 Å². The van der Waals surface area contributed by atoms with E-state index in [0.29, 0.717) is 23.6 Å². The highest BCUT2D eigenvalue weighted by atomic mass is 35.5. The Kier molecular flexibility index (Phi) is 7.11. The highest BCUT2D eigenvalue weighted by molar-refractivity contribution is 5.96. The summed E-state index contributed by atoms with van der Waals surface area (Å²) >= 11 is 0. The van der Waals surface area contributed by atoms with E-state index >= 15 is 0 Å². The summed E-state index contributed by atoms with van der Waals surface area (Å²) in [7, 11) is 0. The van der Waals surface area contributed by atoms with Crippen molar-refractivity contribution in [3.63, 3.8) is 0 Å². The second-order valence-corrected chi connectivity index (χ2v) is 4.67. The molecule has 0 aliphatic carbocycles. The maximum Gasteiger partial charge on any atom is 0.248 e. The van der Waals surface area contributed by atoms with Crippen molar-refractivity contribution < 1.29 is 9.59 Å². The lowest BCUT2D eigenvalue weighted by Crippen LogP contribution is -2.36. The monoisotopic (exact) mass is 285 g/mol. The van der Waals surface area contributed by atoms with E-state index in [1.165, 1.54) is 0 Å². The fraction of sp³-hybridized carbons (Fsp3) is 0.385. The van der Waals surface area contributed by atoms with Crippen molar-refractivity contribution >= 4 is 29.9 Å². The van der Waals surface area contributed by atoms with Crippen molar-refractivity contribution in [2.24, 2.45) is 17.4 Å². The van der Waals surface area contributed by atoms with Gasteiger partial charge in [-0.3, -0.25) is 9.59 Å². The van der Waals surface area contributed by atoms with Gasteiger partial charge >= 0.3 is 0 Å². The lowest BCUT2D eigenvalue weighted by Gasteiger charge is -2.14. The largest absolute Gasteiger partial charge is 0.366 e. The van der Waals surface area contributed by atoms with Crippen molar-refractivity contribution in [3.05, 3.63) is 29.8 Å². The van der Waals surface area contributed by atoms with Crippen molar-refractivity contribution in [3.8, 4) is 0 Å². The molecule has 1 aromatic rings. The Morgan fingerprint density at radius 1 is 1.21 bits per heavy atom. The fourth-order valence-corrected chi connectivity index (χ4v) is 1.57. The first-order valence-corrected chi connectivity index (χ1v) is 5.86. The maximum absolute atomic E-state index is 11.7. The van der Waals surface area contributed by atoms with E-state index in [0.717, 1.165) is 0 Å². The SMILES string of the molecule is CC(C)C[C@H](N)C(=O)Nc1ccc(C(N)=O)cc1.Cl. The summed E-state index contributed by atoms with van der Waals surface area (Å²) in [5.41, 5.74) is 11.9. The Bertz CT molecular complexity index is 432. The van der Waals surface area contributed by atoms with E-state index in [4.69, 9.17) is 11.5 Å². The minimum Gasteiger partial charge on any atom is -0.366 e. The van der Waals surface area contributed by atoms with E-state index in [2.05, 4.69) is 5.32 Å². The maximum atomic E-state index is 11.7. The van der Waals surface area contributed by atoms with Crippen molar-refractivity contribution in [2.45, 2.75) is 26.3 Å². The summed E-state index contributed by atoms with van der Waals surface area (Å²) in [4.78, 5) is 22.6. The number of nitrogens with two attached hydrogens (primary N) is 2. The number of hydrogen-bond donors (Lipinski definition) is 3. The second kappa shape index (κ2) is 7.76. The fourth-order valence-electron chi connectivity index (χ4n) is 1.57. The molecule has 19 heavy (non-hydrogen) atoms. The van der Waals surface area contributed by atoms with Gasteiger partial charge in [-0.05, 0) is 36.6 Å². The van der Waals surface area contributed by atoms with Gasteiger partial charge in [0.15, 0.2) is 0 Å². The van der Waals surface area contributed by atoms with Gasteiger partial charge in [0.25, 0.3) is 0 Å². The Morgan fingerprint density at radius 3 is 2.16 bits per heavy atom. The number of carbonyl (C=O) groups is 2. The average Bonchev–Trinajstić information content (AvgIpc) is 2.28. The standard InChI is InChI=1S/C13H19N3O2.ClH/c1-8(2)7-11(14)13(18)16-10-5-3-9(4-6-10)12(15)17;/h3-6,8,11H,7,14H2,1-2H3,(H2,15,17)(H,16,18);1H/t11-;/m0./s1. The highest BCUT2D eigenvalue weighted by Crippen LogP contribution is 2.11. The predicted octanol–water partition coefficient (Wildman–Crippen LogP) is 1.52. The summed E-state index contributed by atoms with van der Waals surface area (Å²) in [6.45, 7) is 4.02. The van der Waals surface area contributed by atoms with E-state index in [1.807, 2.05) is 13.8 Å². The van der Waals surface area contributed by atoms with E-state index in [1.54, 1.807) is 24.3 Å². The molecule has 1 rings (SSSR count). The smallest absolute Gasteiger partial charge is 0.248 e. The number of anilines is 1. The molecule has 1 atom stereocenters. The molecule has 0 heterocycles. The number of carbonyl (C=O) groups excluding carboxylic acids is 2. The van der Waals surface area contributed by atoms with Crippen molar-refractivity contribution in [2.75, 3.05) is 5.32 Å². The molecule has 0 aliphatic heterocycles. The van der Waals surface area contributed by atoms with Crippen LogP contribution in [0.3, 0.4) is 0 Å². The van der Waals surface area contributed by atoms with Crippen LogP contribution in [-0.4, -0.2) is 17.9 Å². The summed E-state index contributed by atoms with van der Waals surface area (Å²) in [6.07, 6.45) is 0.630. The Balaban J connectivity index is 0.00000324. The zero-order valence-corrected chi connectivity index (χ0v) is 11.9. The molecule has 2 amide bonds. The minimum absolute atomic E-state index is 0. The molecule has 0 bridgehead atoms. The number of primary amides is 1. The molecule has 5 N–H and O–H groups in total. The highest BCUT2D eigenvalue weighted by Gasteiger charge is 2.14. The molecule has 0 fully saturated rings. The molecular weight excluding hydrogens is 266 g/mol. The van der Waals surface area contributed by atoms with Gasteiger partial charge in [-0.1, -0.05) is 13.8 Å². The van der Waals surface area contributed by atoms with E-state index in [-0.39, 0.29) is 18.3 Å².